The second-order valence-corrected chi connectivity index (χ2v) is 4.81. The monoisotopic (exact) mass is 212 g/mol. The molecular formula is C12H20O3. The molecule has 86 valence electrons. The summed E-state index contributed by atoms with van der Waals surface area (Å²) in [7, 11) is 0. The molecule has 2 aliphatic rings. The van der Waals surface area contributed by atoms with E-state index in [1.165, 1.54) is 32.6 Å². The molecule has 3 nitrogen and oxygen atoms in total. The minimum Gasteiger partial charge on any atom is -0.460 e. The average Bonchev–Trinajstić information content (AvgIpc) is 2.18. The first kappa shape index (κ1) is 10.9. The van der Waals surface area contributed by atoms with Gasteiger partial charge in [0.25, 0.3) is 0 Å². The van der Waals surface area contributed by atoms with Crippen LogP contribution in [0.3, 0.4) is 0 Å². The topological polar surface area (TPSA) is 35.5 Å². The Morgan fingerprint density at radius 3 is 2.80 bits per heavy atom. The Labute approximate surface area is 91.1 Å². The van der Waals surface area contributed by atoms with Crippen LogP contribution in [0, 0.1) is 5.92 Å². The number of rotatable bonds is 1. The SMILES string of the molecule is CC(=O)O[C@@H]1C[C@@H]2CCCC[C@H]2O[C@H]1C. The van der Waals surface area contributed by atoms with Crippen molar-refractivity contribution in [2.45, 2.75) is 64.3 Å². The Morgan fingerprint density at radius 2 is 2.07 bits per heavy atom. The third kappa shape index (κ3) is 2.51. The molecule has 0 aromatic carbocycles. The van der Waals surface area contributed by atoms with Crippen LogP contribution < -0.4 is 0 Å². The lowest BCUT2D eigenvalue weighted by Crippen LogP contribution is -2.45. The predicted octanol–water partition coefficient (Wildman–Crippen LogP) is 2.29. The number of ether oxygens (including phenoxy) is 2. The van der Waals surface area contributed by atoms with Crippen molar-refractivity contribution in [2.24, 2.45) is 5.92 Å². The van der Waals surface area contributed by atoms with Gasteiger partial charge in [0.05, 0.1) is 12.2 Å². The molecule has 0 aromatic heterocycles. The molecule has 4 atom stereocenters. The average molecular weight is 212 g/mol. The Balaban J connectivity index is 1.95. The van der Waals surface area contributed by atoms with Crippen LogP contribution in [0.5, 0.6) is 0 Å². The van der Waals surface area contributed by atoms with Gasteiger partial charge >= 0.3 is 5.97 Å². The summed E-state index contributed by atoms with van der Waals surface area (Å²) in [5.41, 5.74) is 0. The first-order valence-corrected chi connectivity index (χ1v) is 5.99. The molecule has 3 heteroatoms. The molecule has 1 heterocycles. The van der Waals surface area contributed by atoms with E-state index in [0.29, 0.717) is 12.0 Å². The molecule has 1 aliphatic carbocycles. The molecular weight excluding hydrogens is 192 g/mol. The summed E-state index contributed by atoms with van der Waals surface area (Å²) in [4.78, 5) is 10.9. The highest BCUT2D eigenvalue weighted by atomic mass is 16.6. The lowest BCUT2D eigenvalue weighted by atomic mass is 9.80. The summed E-state index contributed by atoms with van der Waals surface area (Å²) in [5, 5.41) is 0. The fourth-order valence-corrected chi connectivity index (χ4v) is 2.83. The third-order valence-corrected chi connectivity index (χ3v) is 3.60. The van der Waals surface area contributed by atoms with E-state index in [1.807, 2.05) is 6.92 Å². The lowest BCUT2D eigenvalue weighted by molar-refractivity contribution is -0.180. The van der Waals surface area contributed by atoms with Crippen molar-refractivity contribution in [3.8, 4) is 0 Å². The van der Waals surface area contributed by atoms with E-state index in [0.717, 1.165) is 6.42 Å². The summed E-state index contributed by atoms with van der Waals surface area (Å²) in [6, 6.07) is 0. The molecule has 0 aromatic rings. The maximum atomic E-state index is 10.9. The van der Waals surface area contributed by atoms with Gasteiger partial charge in [-0.2, -0.15) is 0 Å². The van der Waals surface area contributed by atoms with Gasteiger partial charge in [-0.1, -0.05) is 12.8 Å². The van der Waals surface area contributed by atoms with Crippen molar-refractivity contribution in [2.75, 3.05) is 0 Å². The number of hydrogen-bond acceptors (Lipinski definition) is 3. The normalized spacial score (nSPS) is 40.7. The van der Waals surface area contributed by atoms with Crippen molar-refractivity contribution in [1.82, 2.24) is 0 Å². The highest BCUT2D eigenvalue weighted by Gasteiger charge is 2.38. The van der Waals surface area contributed by atoms with E-state index in [4.69, 9.17) is 9.47 Å². The molecule has 0 spiro atoms. The van der Waals surface area contributed by atoms with Gasteiger partial charge in [-0.3, -0.25) is 4.79 Å². The lowest BCUT2D eigenvalue weighted by Gasteiger charge is -2.42. The summed E-state index contributed by atoms with van der Waals surface area (Å²) in [6.07, 6.45) is 6.44. The molecule has 2 fully saturated rings. The molecule has 1 saturated heterocycles. The van der Waals surface area contributed by atoms with Gasteiger partial charge in [-0.05, 0) is 32.1 Å². The van der Waals surface area contributed by atoms with Gasteiger partial charge in [0.15, 0.2) is 0 Å². The summed E-state index contributed by atoms with van der Waals surface area (Å²) >= 11 is 0. The molecule has 0 bridgehead atoms. The summed E-state index contributed by atoms with van der Waals surface area (Å²) < 4.78 is 11.2. The van der Waals surface area contributed by atoms with Crippen LogP contribution in [0.25, 0.3) is 0 Å². The van der Waals surface area contributed by atoms with Crippen molar-refractivity contribution in [1.29, 1.82) is 0 Å². The fraction of sp³-hybridized carbons (Fsp3) is 0.917. The van der Waals surface area contributed by atoms with Gasteiger partial charge in [-0.15, -0.1) is 0 Å². The molecule has 0 unspecified atom stereocenters. The highest BCUT2D eigenvalue weighted by molar-refractivity contribution is 5.66. The van der Waals surface area contributed by atoms with Crippen molar-refractivity contribution in [3.05, 3.63) is 0 Å². The van der Waals surface area contributed by atoms with Gasteiger partial charge < -0.3 is 9.47 Å². The molecule has 2 rings (SSSR count). The summed E-state index contributed by atoms with van der Waals surface area (Å²) in [6.45, 7) is 3.48. The van der Waals surface area contributed by atoms with E-state index in [2.05, 4.69) is 0 Å². The van der Waals surface area contributed by atoms with Crippen LogP contribution >= 0.6 is 0 Å². The smallest absolute Gasteiger partial charge is 0.302 e. The van der Waals surface area contributed by atoms with Gasteiger partial charge in [0.1, 0.15) is 6.10 Å². The Kier molecular flexibility index (Phi) is 3.29. The molecule has 0 amide bonds. The quantitative estimate of drug-likeness (QED) is 0.625. The number of esters is 1. The fourth-order valence-electron chi connectivity index (χ4n) is 2.83. The molecule has 15 heavy (non-hydrogen) atoms. The Hall–Kier alpha value is -0.570. The maximum absolute atomic E-state index is 10.9. The Bertz CT molecular complexity index is 239. The zero-order chi connectivity index (χ0) is 10.8. The number of carbonyl (C=O) groups excluding carboxylic acids is 1. The van der Waals surface area contributed by atoms with Gasteiger partial charge in [0, 0.05) is 6.92 Å². The van der Waals surface area contributed by atoms with Crippen LogP contribution in [-0.2, 0) is 14.3 Å². The van der Waals surface area contributed by atoms with Crippen molar-refractivity contribution in [3.63, 3.8) is 0 Å². The number of carbonyl (C=O) groups is 1. The van der Waals surface area contributed by atoms with Gasteiger partial charge in [0.2, 0.25) is 0 Å². The van der Waals surface area contributed by atoms with E-state index < -0.39 is 0 Å². The first-order valence-electron chi connectivity index (χ1n) is 5.99. The van der Waals surface area contributed by atoms with E-state index in [1.54, 1.807) is 0 Å². The zero-order valence-corrected chi connectivity index (χ0v) is 9.57. The minimum atomic E-state index is -0.190. The Morgan fingerprint density at radius 1 is 1.33 bits per heavy atom. The van der Waals surface area contributed by atoms with Crippen LogP contribution in [0.1, 0.15) is 46.0 Å². The van der Waals surface area contributed by atoms with Crippen LogP contribution in [-0.4, -0.2) is 24.3 Å². The minimum absolute atomic E-state index is 0.0261. The zero-order valence-electron chi connectivity index (χ0n) is 9.57. The molecule has 1 saturated carbocycles. The van der Waals surface area contributed by atoms with Crippen molar-refractivity contribution < 1.29 is 14.3 Å². The maximum Gasteiger partial charge on any atom is 0.302 e. The second-order valence-electron chi connectivity index (χ2n) is 4.81. The second kappa shape index (κ2) is 4.52. The third-order valence-electron chi connectivity index (χ3n) is 3.60. The number of hydrogen-bond donors (Lipinski definition) is 0. The largest absolute Gasteiger partial charge is 0.460 e. The van der Waals surface area contributed by atoms with Crippen LogP contribution in [0.15, 0.2) is 0 Å². The molecule has 0 N–H and O–H groups in total. The summed E-state index contributed by atoms with van der Waals surface area (Å²) in [5.74, 6) is 0.420. The highest BCUT2D eigenvalue weighted by Crippen LogP contribution is 2.36. The number of fused-ring (bicyclic) bond motifs is 1. The van der Waals surface area contributed by atoms with E-state index >= 15 is 0 Å². The van der Waals surface area contributed by atoms with Crippen molar-refractivity contribution >= 4 is 5.97 Å². The van der Waals surface area contributed by atoms with Crippen LogP contribution in [0.2, 0.25) is 0 Å². The standard InChI is InChI=1S/C12H20O3/c1-8-12(15-9(2)13)7-10-5-3-4-6-11(10)14-8/h8,10-12H,3-7H2,1-2H3/t8-,10-,11+,12+/m0/s1. The van der Waals surface area contributed by atoms with E-state index in [9.17, 15) is 4.79 Å². The van der Waals surface area contributed by atoms with Gasteiger partial charge in [-0.25, -0.2) is 0 Å². The predicted molar refractivity (Wildman–Crippen MR) is 56.5 cm³/mol. The molecule has 1 aliphatic heterocycles. The molecule has 0 radical (unpaired) electrons. The van der Waals surface area contributed by atoms with E-state index in [-0.39, 0.29) is 18.2 Å². The van der Waals surface area contributed by atoms with Crippen LogP contribution in [0.4, 0.5) is 0 Å². The first-order chi connectivity index (χ1) is 7.16.